The number of Topliss-reactive ketones (excluding diaryl/α,β-unsaturated/α-hetero) is 1. The Morgan fingerprint density at radius 3 is 2.60 bits per heavy atom. The number of amides is 1. The van der Waals surface area contributed by atoms with Crippen LogP contribution in [-0.4, -0.2) is 40.0 Å². The lowest BCUT2D eigenvalue weighted by molar-refractivity contribution is -0.140. The van der Waals surface area contributed by atoms with Gasteiger partial charge in [-0.05, 0) is 53.9 Å². The number of aliphatic hydroxyl groups excluding tert-OH is 1. The molecule has 2 heterocycles. The molecule has 0 bridgehead atoms. The molecular weight excluding hydrogens is 446 g/mol. The number of likely N-dealkylation sites (tertiary alicyclic amines) is 1. The number of ketones is 1. The molecule has 3 aromatic rings. The summed E-state index contributed by atoms with van der Waals surface area (Å²) >= 11 is 0. The zero-order chi connectivity index (χ0) is 24.7. The standard InChI is InChI=1S/C28H25NO6/c1-16-12-20-13-19(9-11-22(20)35-16)26(31)24-25(18-8-10-21(30)23(14-18)34-2)29(28(33)27(24)32)15-17-6-4-3-5-7-17/h3-11,13-14,16,25,30-31H,12,15H2,1-2H3/b26-24+/t16-,25+/m0/s1. The average molecular weight is 472 g/mol. The first-order valence-corrected chi connectivity index (χ1v) is 11.4. The smallest absolute Gasteiger partial charge is 0.295 e. The summed E-state index contributed by atoms with van der Waals surface area (Å²) < 4.78 is 11.0. The minimum atomic E-state index is -0.867. The third kappa shape index (κ3) is 3.99. The first-order valence-electron chi connectivity index (χ1n) is 11.4. The van der Waals surface area contributed by atoms with Crippen molar-refractivity contribution in [1.82, 2.24) is 4.90 Å². The van der Waals surface area contributed by atoms with E-state index in [4.69, 9.17) is 9.47 Å². The number of rotatable bonds is 5. The molecule has 2 N–H and O–H groups in total. The molecule has 2 atom stereocenters. The summed E-state index contributed by atoms with van der Waals surface area (Å²) in [6, 6.07) is 18.4. The minimum absolute atomic E-state index is 0.00872. The summed E-state index contributed by atoms with van der Waals surface area (Å²) in [5, 5.41) is 21.5. The van der Waals surface area contributed by atoms with Gasteiger partial charge in [0, 0.05) is 18.5 Å². The van der Waals surface area contributed by atoms with Crippen molar-refractivity contribution >= 4 is 17.4 Å². The number of methoxy groups -OCH3 is 1. The van der Waals surface area contributed by atoms with Gasteiger partial charge in [0.1, 0.15) is 17.6 Å². The fourth-order valence-electron chi connectivity index (χ4n) is 4.76. The van der Waals surface area contributed by atoms with Crippen molar-refractivity contribution in [2.24, 2.45) is 0 Å². The zero-order valence-electron chi connectivity index (χ0n) is 19.4. The molecule has 1 amide bonds. The predicted molar refractivity (Wildman–Crippen MR) is 129 cm³/mol. The zero-order valence-corrected chi connectivity index (χ0v) is 19.4. The number of hydrogen-bond donors (Lipinski definition) is 2. The van der Waals surface area contributed by atoms with Crippen LogP contribution in [0.2, 0.25) is 0 Å². The summed E-state index contributed by atoms with van der Waals surface area (Å²) in [6.45, 7) is 2.14. The number of hydrogen-bond acceptors (Lipinski definition) is 6. The highest BCUT2D eigenvalue weighted by Crippen LogP contribution is 2.43. The molecule has 1 saturated heterocycles. The van der Waals surface area contributed by atoms with Gasteiger partial charge in [-0.25, -0.2) is 0 Å². The molecule has 5 rings (SSSR count). The second-order valence-electron chi connectivity index (χ2n) is 8.80. The van der Waals surface area contributed by atoms with Gasteiger partial charge in [-0.3, -0.25) is 9.59 Å². The van der Waals surface area contributed by atoms with Gasteiger partial charge in [0.15, 0.2) is 11.5 Å². The molecular formula is C28H25NO6. The van der Waals surface area contributed by atoms with E-state index in [0.717, 1.165) is 16.9 Å². The average Bonchev–Trinajstić information content (AvgIpc) is 3.35. The van der Waals surface area contributed by atoms with E-state index < -0.39 is 17.7 Å². The van der Waals surface area contributed by atoms with Crippen LogP contribution in [0.3, 0.4) is 0 Å². The number of carbonyl (C=O) groups excluding carboxylic acids is 2. The van der Waals surface area contributed by atoms with E-state index in [-0.39, 0.29) is 35.5 Å². The fourth-order valence-corrected chi connectivity index (χ4v) is 4.76. The van der Waals surface area contributed by atoms with Crippen LogP contribution in [0, 0.1) is 0 Å². The Labute approximate surface area is 202 Å². The number of aromatic hydroxyl groups is 1. The highest BCUT2D eigenvalue weighted by molar-refractivity contribution is 6.46. The Bertz CT molecular complexity index is 1350. The van der Waals surface area contributed by atoms with Gasteiger partial charge in [0.2, 0.25) is 0 Å². The van der Waals surface area contributed by atoms with Crippen LogP contribution in [-0.2, 0) is 22.6 Å². The van der Waals surface area contributed by atoms with Crippen LogP contribution >= 0.6 is 0 Å². The lowest BCUT2D eigenvalue weighted by Crippen LogP contribution is -2.29. The monoisotopic (exact) mass is 471 g/mol. The van der Waals surface area contributed by atoms with E-state index in [2.05, 4.69) is 0 Å². The maximum atomic E-state index is 13.3. The van der Waals surface area contributed by atoms with E-state index >= 15 is 0 Å². The second-order valence-corrected chi connectivity index (χ2v) is 8.80. The third-order valence-electron chi connectivity index (χ3n) is 6.42. The molecule has 3 aromatic carbocycles. The van der Waals surface area contributed by atoms with E-state index in [1.807, 2.05) is 37.3 Å². The Morgan fingerprint density at radius 1 is 1.09 bits per heavy atom. The van der Waals surface area contributed by atoms with Gasteiger partial charge in [0.05, 0.1) is 18.7 Å². The number of ether oxygens (including phenoxy) is 2. The summed E-state index contributed by atoms with van der Waals surface area (Å²) in [5.74, 6) is -0.830. The summed E-state index contributed by atoms with van der Waals surface area (Å²) in [4.78, 5) is 28.0. The summed E-state index contributed by atoms with van der Waals surface area (Å²) in [6.07, 6.45) is 0.723. The maximum absolute atomic E-state index is 13.3. The lowest BCUT2D eigenvalue weighted by Gasteiger charge is -2.26. The van der Waals surface area contributed by atoms with Crippen molar-refractivity contribution in [2.45, 2.75) is 32.0 Å². The number of aliphatic hydroxyl groups is 1. The second kappa shape index (κ2) is 8.83. The Kier molecular flexibility index (Phi) is 5.68. The molecule has 0 aliphatic carbocycles. The van der Waals surface area contributed by atoms with Crippen LogP contribution in [0.4, 0.5) is 0 Å². The normalized spacial score (nSPS) is 20.6. The molecule has 178 valence electrons. The molecule has 1 fully saturated rings. The van der Waals surface area contributed by atoms with Crippen LogP contribution in [0.1, 0.15) is 35.2 Å². The molecule has 7 heteroatoms. The molecule has 35 heavy (non-hydrogen) atoms. The van der Waals surface area contributed by atoms with Crippen molar-refractivity contribution in [2.75, 3.05) is 7.11 Å². The number of benzene rings is 3. The number of nitrogens with zero attached hydrogens (tertiary/aromatic N) is 1. The molecule has 0 spiro atoms. The van der Waals surface area contributed by atoms with E-state index in [9.17, 15) is 19.8 Å². The quantitative estimate of drug-likeness (QED) is 0.326. The number of carbonyl (C=O) groups is 2. The molecule has 0 unspecified atom stereocenters. The van der Waals surface area contributed by atoms with Crippen LogP contribution in [0.5, 0.6) is 17.2 Å². The van der Waals surface area contributed by atoms with E-state index in [1.165, 1.54) is 18.1 Å². The van der Waals surface area contributed by atoms with Crippen LogP contribution < -0.4 is 9.47 Å². The van der Waals surface area contributed by atoms with Gasteiger partial charge in [-0.15, -0.1) is 0 Å². The van der Waals surface area contributed by atoms with Gasteiger partial charge >= 0.3 is 0 Å². The fraction of sp³-hybridized carbons (Fsp3) is 0.214. The summed E-state index contributed by atoms with van der Waals surface area (Å²) in [5.41, 5.74) is 2.74. The minimum Gasteiger partial charge on any atom is -0.507 e. The van der Waals surface area contributed by atoms with Gasteiger partial charge in [-0.1, -0.05) is 36.4 Å². The molecule has 0 saturated carbocycles. The highest BCUT2D eigenvalue weighted by atomic mass is 16.5. The molecule has 2 aliphatic rings. The van der Waals surface area contributed by atoms with Crippen LogP contribution in [0.15, 0.2) is 72.3 Å². The lowest BCUT2D eigenvalue weighted by atomic mass is 9.94. The Hall–Kier alpha value is -4.26. The first-order chi connectivity index (χ1) is 16.9. The molecule has 7 nitrogen and oxygen atoms in total. The highest BCUT2D eigenvalue weighted by Gasteiger charge is 2.46. The molecule has 0 aromatic heterocycles. The Morgan fingerprint density at radius 2 is 1.86 bits per heavy atom. The predicted octanol–water partition coefficient (Wildman–Crippen LogP) is 4.35. The van der Waals surface area contributed by atoms with Gasteiger partial charge in [0.25, 0.3) is 11.7 Å². The van der Waals surface area contributed by atoms with Crippen molar-refractivity contribution in [3.05, 3.63) is 94.6 Å². The largest absolute Gasteiger partial charge is 0.507 e. The number of phenols is 1. The SMILES string of the molecule is COc1cc([C@@H]2/C(=C(\O)c3ccc4c(c3)C[C@H](C)O4)C(=O)C(=O)N2Cc2ccccc2)ccc1O. The van der Waals surface area contributed by atoms with Gasteiger partial charge in [-0.2, -0.15) is 0 Å². The Balaban J connectivity index is 1.65. The molecule has 2 aliphatic heterocycles. The summed E-state index contributed by atoms with van der Waals surface area (Å²) in [7, 11) is 1.42. The van der Waals surface area contributed by atoms with Crippen molar-refractivity contribution < 1.29 is 29.3 Å². The van der Waals surface area contributed by atoms with Crippen LogP contribution in [0.25, 0.3) is 5.76 Å². The maximum Gasteiger partial charge on any atom is 0.295 e. The van der Waals surface area contributed by atoms with Crippen molar-refractivity contribution in [1.29, 1.82) is 0 Å². The topological polar surface area (TPSA) is 96.3 Å². The van der Waals surface area contributed by atoms with Crippen molar-refractivity contribution in [3.63, 3.8) is 0 Å². The van der Waals surface area contributed by atoms with Crippen molar-refractivity contribution in [3.8, 4) is 17.2 Å². The number of fused-ring (bicyclic) bond motifs is 1. The third-order valence-corrected chi connectivity index (χ3v) is 6.42. The van der Waals surface area contributed by atoms with Gasteiger partial charge < -0.3 is 24.6 Å². The number of phenolic OH excluding ortho intramolecular Hbond substituents is 1. The first kappa shape index (κ1) is 22.5. The molecule has 0 radical (unpaired) electrons. The van der Waals surface area contributed by atoms with E-state index in [0.29, 0.717) is 17.5 Å². The van der Waals surface area contributed by atoms with E-state index in [1.54, 1.807) is 30.3 Å².